The molecule has 0 saturated carbocycles. The van der Waals surface area contributed by atoms with E-state index in [1.54, 1.807) is 6.07 Å². The van der Waals surface area contributed by atoms with Crippen molar-refractivity contribution < 1.29 is 14.6 Å². The molecule has 7 heterocycles. The molecule has 0 radical (unpaired) electrons. The monoisotopic (exact) mass is 592 g/mol. The second kappa shape index (κ2) is 10.2. The highest BCUT2D eigenvalue weighted by Gasteiger charge is 2.56. The highest BCUT2D eigenvalue weighted by Crippen LogP contribution is 2.48. The van der Waals surface area contributed by atoms with Gasteiger partial charge in [0.1, 0.15) is 18.2 Å². The van der Waals surface area contributed by atoms with Crippen LogP contribution in [0.4, 0.5) is 11.5 Å². The molecule has 228 valence electrons. The van der Waals surface area contributed by atoms with Gasteiger partial charge in [0.05, 0.1) is 31.0 Å². The van der Waals surface area contributed by atoms with Crippen LogP contribution in [-0.4, -0.2) is 89.6 Å². The zero-order valence-electron chi connectivity index (χ0n) is 25.2. The van der Waals surface area contributed by atoms with Crippen LogP contribution < -0.4 is 19.9 Å². The van der Waals surface area contributed by atoms with Crippen molar-refractivity contribution in [3.63, 3.8) is 0 Å². The number of phenols is 1. The minimum atomic E-state index is 0.0604. The number of rotatable bonds is 5. The number of terminal acetylenes is 1. The molecule has 6 aliphatic heterocycles. The molecule has 5 unspecified atom stereocenters. The molecule has 9 nitrogen and oxygen atoms in total. The third-order valence-corrected chi connectivity index (χ3v) is 11.3. The van der Waals surface area contributed by atoms with Gasteiger partial charge in [0.15, 0.2) is 0 Å². The van der Waals surface area contributed by atoms with Gasteiger partial charge in [0.25, 0.3) is 0 Å². The number of nitrogens with zero attached hydrogens (tertiary/aromatic N) is 5. The number of hydrogen-bond acceptors (Lipinski definition) is 9. The molecular weight excluding hydrogens is 552 g/mol. The molecule has 1 aromatic heterocycles. The van der Waals surface area contributed by atoms with Gasteiger partial charge in [-0.15, -0.1) is 6.42 Å². The molecule has 2 aromatic carbocycles. The average Bonchev–Trinajstić information content (AvgIpc) is 3.80. The Morgan fingerprint density at radius 3 is 2.86 bits per heavy atom. The molecule has 3 aromatic rings. The molecule has 9 rings (SSSR count). The third kappa shape index (κ3) is 4.26. The second-order valence-electron chi connectivity index (χ2n) is 13.9. The number of ether oxygens (including phenoxy) is 2. The fourth-order valence-corrected chi connectivity index (χ4v) is 9.37. The van der Waals surface area contributed by atoms with Crippen molar-refractivity contribution in [1.82, 2.24) is 20.2 Å². The number of nitrogens with one attached hydrogen (secondary N) is 1. The minimum Gasteiger partial charge on any atom is -0.508 e. The summed E-state index contributed by atoms with van der Waals surface area (Å²) in [5.41, 5.74) is 4.07. The summed E-state index contributed by atoms with van der Waals surface area (Å²) in [6.45, 7) is 6.80. The highest BCUT2D eigenvalue weighted by atomic mass is 16.5. The molecule has 5 saturated heterocycles. The lowest BCUT2D eigenvalue weighted by atomic mass is 9.90. The molecule has 2 N–H and O–H groups in total. The molecule has 0 spiro atoms. The second-order valence-corrected chi connectivity index (χ2v) is 13.9. The van der Waals surface area contributed by atoms with Gasteiger partial charge in [-0.3, -0.25) is 4.90 Å². The normalized spacial score (nSPS) is 30.8. The molecule has 5 atom stereocenters. The van der Waals surface area contributed by atoms with Gasteiger partial charge in [-0.2, -0.15) is 9.97 Å². The zero-order chi connectivity index (χ0) is 29.4. The van der Waals surface area contributed by atoms with E-state index in [-0.39, 0.29) is 11.3 Å². The Kier molecular flexibility index (Phi) is 6.23. The van der Waals surface area contributed by atoms with Gasteiger partial charge < -0.3 is 29.7 Å². The van der Waals surface area contributed by atoms with Crippen LogP contribution in [0.25, 0.3) is 10.8 Å². The van der Waals surface area contributed by atoms with Gasteiger partial charge in [0.2, 0.25) is 0 Å². The van der Waals surface area contributed by atoms with Crippen molar-refractivity contribution in [3.05, 3.63) is 47.2 Å². The van der Waals surface area contributed by atoms with E-state index in [1.807, 2.05) is 24.3 Å². The Labute approximate surface area is 258 Å². The first-order valence-corrected chi connectivity index (χ1v) is 16.4. The Bertz CT molecular complexity index is 1660. The first kappa shape index (κ1) is 26.8. The predicted molar refractivity (Wildman–Crippen MR) is 169 cm³/mol. The van der Waals surface area contributed by atoms with Crippen molar-refractivity contribution in [2.24, 2.45) is 5.92 Å². The summed E-state index contributed by atoms with van der Waals surface area (Å²) in [5.74, 6) is 4.75. The van der Waals surface area contributed by atoms with Crippen LogP contribution in [-0.2, 0) is 17.7 Å². The molecule has 0 amide bonds. The molecule has 5 fully saturated rings. The summed E-state index contributed by atoms with van der Waals surface area (Å²) < 4.78 is 12.5. The Morgan fingerprint density at radius 1 is 1.11 bits per heavy atom. The molecule has 9 heteroatoms. The lowest BCUT2D eigenvalue weighted by Gasteiger charge is -2.38. The quantitative estimate of drug-likeness (QED) is 0.433. The first-order chi connectivity index (χ1) is 21.6. The summed E-state index contributed by atoms with van der Waals surface area (Å²) in [5, 5.41) is 16.4. The van der Waals surface area contributed by atoms with Gasteiger partial charge in [-0.1, -0.05) is 18.1 Å². The molecule has 44 heavy (non-hydrogen) atoms. The first-order valence-electron chi connectivity index (χ1n) is 16.4. The van der Waals surface area contributed by atoms with Crippen LogP contribution in [0.15, 0.2) is 30.3 Å². The fraction of sp³-hybridized carbons (Fsp3) is 0.543. The van der Waals surface area contributed by atoms with E-state index >= 15 is 0 Å². The van der Waals surface area contributed by atoms with Crippen LogP contribution in [0.5, 0.6) is 11.8 Å². The van der Waals surface area contributed by atoms with E-state index in [9.17, 15) is 5.11 Å². The van der Waals surface area contributed by atoms with Crippen LogP contribution in [0, 0.1) is 18.3 Å². The molecular formula is C35H40N6O3. The number of aromatic hydroxyl groups is 1. The topological polar surface area (TPSA) is 86.2 Å². The van der Waals surface area contributed by atoms with Crippen molar-refractivity contribution in [2.45, 2.75) is 68.7 Å². The van der Waals surface area contributed by atoms with E-state index < -0.39 is 0 Å². The summed E-state index contributed by atoms with van der Waals surface area (Å²) in [6.07, 6.45) is 12.7. The molecule has 0 aliphatic carbocycles. The van der Waals surface area contributed by atoms with Gasteiger partial charge in [-0.05, 0) is 62.6 Å². The Morgan fingerprint density at radius 2 is 2.00 bits per heavy atom. The van der Waals surface area contributed by atoms with Crippen molar-refractivity contribution >= 4 is 22.3 Å². The number of benzene rings is 2. The van der Waals surface area contributed by atoms with E-state index in [4.69, 9.17) is 25.9 Å². The lowest BCUT2D eigenvalue weighted by molar-refractivity contribution is 0.0579. The standard InChI is InChI=1S/C35H40N6O3/c1-2-22-5-3-6-23-13-27(42)14-30(32(22)23)39-12-9-28-29(18-39)37-34(38-33(28)40-16-25-7-8-26(17-40)36-25)44-21-35-10-4-11-41(35)31-20-43-19-24(31)15-35/h1,3,5-6,13-14,24-26,31,36,42H,4,7-12,15-21H2. The van der Waals surface area contributed by atoms with Gasteiger partial charge in [0, 0.05) is 71.9 Å². The summed E-state index contributed by atoms with van der Waals surface area (Å²) >= 11 is 0. The summed E-state index contributed by atoms with van der Waals surface area (Å²) in [7, 11) is 0. The Hall–Kier alpha value is -3.58. The maximum atomic E-state index is 10.7. The fourth-order valence-electron chi connectivity index (χ4n) is 9.37. The van der Waals surface area contributed by atoms with Crippen LogP contribution in [0.1, 0.15) is 48.9 Å². The third-order valence-electron chi connectivity index (χ3n) is 11.3. The van der Waals surface area contributed by atoms with Gasteiger partial charge >= 0.3 is 6.01 Å². The maximum Gasteiger partial charge on any atom is 0.318 e. The Balaban J connectivity index is 1.07. The van der Waals surface area contributed by atoms with Crippen LogP contribution >= 0.6 is 0 Å². The van der Waals surface area contributed by atoms with E-state index in [2.05, 4.69) is 25.9 Å². The van der Waals surface area contributed by atoms with Crippen molar-refractivity contribution in [3.8, 4) is 24.1 Å². The summed E-state index contributed by atoms with van der Waals surface area (Å²) in [6, 6.07) is 11.6. The SMILES string of the molecule is C#Cc1cccc2cc(O)cc(N3CCc4c(nc(OCC56CCCN5C5COCC5C6)nc4N4CC5CCC(C4)N5)C3)c12. The molecule has 2 bridgehead atoms. The van der Waals surface area contributed by atoms with Crippen LogP contribution in [0.3, 0.4) is 0 Å². The van der Waals surface area contributed by atoms with Crippen molar-refractivity contribution in [1.29, 1.82) is 0 Å². The minimum absolute atomic E-state index is 0.0604. The number of phenolic OH excluding ortho intramolecular Hbond substituents is 1. The summed E-state index contributed by atoms with van der Waals surface area (Å²) in [4.78, 5) is 17.8. The van der Waals surface area contributed by atoms with E-state index in [0.29, 0.717) is 43.2 Å². The highest BCUT2D eigenvalue weighted by molar-refractivity contribution is 6.00. The van der Waals surface area contributed by atoms with Crippen molar-refractivity contribution in [2.75, 3.05) is 55.8 Å². The zero-order valence-corrected chi connectivity index (χ0v) is 25.2. The number of aromatic nitrogens is 2. The smallest absolute Gasteiger partial charge is 0.318 e. The lowest BCUT2D eigenvalue weighted by Crippen LogP contribution is -2.52. The number of hydrogen-bond donors (Lipinski definition) is 2. The maximum absolute atomic E-state index is 10.7. The van der Waals surface area contributed by atoms with E-state index in [1.165, 1.54) is 24.8 Å². The molecule has 6 aliphatic rings. The average molecular weight is 593 g/mol. The number of anilines is 2. The van der Waals surface area contributed by atoms with E-state index in [0.717, 1.165) is 92.2 Å². The predicted octanol–water partition coefficient (Wildman–Crippen LogP) is 3.45. The largest absolute Gasteiger partial charge is 0.508 e. The van der Waals surface area contributed by atoms with Crippen LogP contribution in [0.2, 0.25) is 0 Å². The van der Waals surface area contributed by atoms with Gasteiger partial charge in [-0.25, -0.2) is 0 Å². The number of piperazine rings is 1. The number of fused-ring (bicyclic) bond motifs is 7.